The van der Waals surface area contributed by atoms with Crippen molar-refractivity contribution in [1.29, 1.82) is 0 Å². The number of nitrogens with zero attached hydrogens (tertiary/aromatic N) is 1. The van der Waals surface area contributed by atoms with Crippen molar-refractivity contribution >= 4 is 11.1 Å². The van der Waals surface area contributed by atoms with Crippen molar-refractivity contribution in [2.75, 3.05) is 6.54 Å². The van der Waals surface area contributed by atoms with Gasteiger partial charge in [-0.3, -0.25) is 4.57 Å². The number of oxazole rings is 1. The van der Waals surface area contributed by atoms with E-state index in [4.69, 9.17) is 10.2 Å². The lowest BCUT2D eigenvalue weighted by Crippen LogP contribution is -2.10. The highest BCUT2D eigenvalue weighted by atomic mass is 16.4. The molecule has 1 unspecified atom stereocenters. The summed E-state index contributed by atoms with van der Waals surface area (Å²) in [6.07, 6.45) is 0. The minimum absolute atomic E-state index is 0.291. The molecule has 4 nitrogen and oxygen atoms in total. The highest BCUT2D eigenvalue weighted by Crippen LogP contribution is 2.19. The van der Waals surface area contributed by atoms with E-state index >= 15 is 0 Å². The van der Waals surface area contributed by atoms with Crippen LogP contribution in [-0.4, -0.2) is 11.1 Å². The molecule has 0 saturated carbocycles. The van der Waals surface area contributed by atoms with Gasteiger partial charge in [0.25, 0.3) is 0 Å². The number of hydrogen-bond acceptors (Lipinski definition) is 3. The van der Waals surface area contributed by atoms with Gasteiger partial charge in [-0.15, -0.1) is 0 Å². The molecule has 2 rings (SSSR count). The van der Waals surface area contributed by atoms with Gasteiger partial charge in [0.2, 0.25) is 0 Å². The van der Waals surface area contributed by atoms with Gasteiger partial charge in [0.05, 0.1) is 5.52 Å². The first-order valence-electron chi connectivity index (χ1n) is 4.93. The number of hydrogen-bond donors (Lipinski definition) is 1. The van der Waals surface area contributed by atoms with Gasteiger partial charge < -0.3 is 10.2 Å². The Morgan fingerprint density at radius 3 is 2.93 bits per heavy atom. The van der Waals surface area contributed by atoms with Crippen LogP contribution >= 0.6 is 0 Å². The fourth-order valence-electron chi connectivity index (χ4n) is 1.59. The van der Waals surface area contributed by atoms with E-state index in [9.17, 15) is 4.79 Å². The molecule has 1 aromatic carbocycles. The highest BCUT2D eigenvalue weighted by Gasteiger charge is 2.09. The van der Waals surface area contributed by atoms with E-state index in [1.807, 2.05) is 18.2 Å². The Bertz CT molecular complexity index is 539. The molecule has 1 heterocycles. The van der Waals surface area contributed by atoms with Crippen LogP contribution in [0, 0.1) is 0 Å². The zero-order chi connectivity index (χ0) is 11.0. The fourth-order valence-corrected chi connectivity index (χ4v) is 1.59. The van der Waals surface area contributed by atoms with Crippen molar-refractivity contribution in [3.63, 3.8) is 0 Å². The molecular weight excluding hydrogens is 192 g/mol. The van der Waals surface area contributed by atoms with Gasteiger partial charge in [0, 0.05) is 7.05 Å². The maximum atomic E-state index is 11.3. The fraction of sp³-hybridized carbons (Fsp3) is 0.364. The van der Waals surface area contributed by atoms with E-state index in [0.29, 0.717) is 18.0 Å². The first-order valence-corrected chi connectivity index (χ1v) is 4.93. The van der Waals surface area contributed by atoms with Gasteiger partial charge >= 0.3 is 5.76 Å². The number of benzene rings is 1. The standard InChI is InChI=1S/C11H14N2O2/c1-7(6-12)8-3-4-10-9(5-8)13(2)11(14)15-10/h3-5,7H,6,12H2,1-2H3. The predicted octanol–water partition coefficient (Wildman–Crippen LogP) is 1.19. The van der Waals surface area contributed by atoms with Crippen LogP contribution in [0.3, 0.4) is 0 Å². The van der Waals surface area contributed by atoms with E-state index in [1.54, 1.807) is 7.05 Å². The summed E-state index contributed by atoms with van der Waals surface area (Å²) in [6.45, 7) is 2.65. The molecule has 2 N–H and O–H groups in total. The van der Waals surface area contributed by atoms with Crippen LogP contribution in [0.25, 0.3) is 11.1 Å². The maximum absolute atomic E-state index is 11.3. The van der Waals surface area contributed by atoms with Crippen molar-refractivity contribution < 1.29 is 4.42 Å². The molecule has 4 heteroatoms. The van der Waals surface area contributed by atoms with Gasteiger partial charge in [-0.25, -0.2) is 4.79 Å². The van der Waals surface area contributed by atoms with Crippen molar-refractivity contribution in [2.45, 2.75) is 12.8 Å². The van der Waals surface area contributed by atoms with Gasteiger partial charge in [-0.2, -0.15) is 0 Å². The van der Waals surface area contributed by atoms with Crippen LogP contribution in [0.4, 0.5) is 0 Å². The largest absolute Gasteiger partial charge is 0.419 e. The van der Waals surface area contributed by atoms with Gasteiger partial charge in [-0.05, 0) is 30.2 Å². The Labute approximate surface area is 87.3 Å². The van der Waals surface area contributed by atoms with E-state index in [-0.39, 0.29) is 5.76 Å². The average Bonchev–Trinajstić information content (AvgIpc) is 2.54. The minimum atomic E-state index is -0.331. The monoisotopic (exact) mass is 206 g/mol. The second-order valence-corrected chi connectivity index (χ2v) is 3.79. The van der Waals surface area contributed by atoms with Crippen molar-refractivity contribution in [3.05, 3.63) is 34.3 Å². The first kappa shape index (κ1) is 9.98. The van der Waals surface area contributed by atoms with Crippen LogP contribution in [-0.2, 0) is 7.05 Å². The summed E-state index contributed by atoms with van der Waals surface area (Å²) in [5.41, 5.74) is 8.16. The molecule has 0 aliphatic rings. The smallest absolute Gasteiger partial charge is 0.408 e. The van der Waals surface area contributed by atoms with Crippen LogP contribution in [0.1, 0.15) is 18.4 Å². The summed E-state index contributed by atoms with van der Waals surface area (Å²) in [4.78, 5) is 11.3. The second-order valence-electron chi connectivity index (χ2n) is 3.79. The number of rotatable bonds is 2. The number of aryl methyl sites for hydroxylation is 1. The normalized spacial score (nSPS) is 13.3. The zero-order valence-corrected chi connectivity index (χ0v) is 8.86. The highest BCUT2D eigenvalue weighted by molar-refractivity contribution is 5.73. The molecule has 0 spiro atoms. The first-order chi connectivity index (χ1) is 7.13. The molecule has 0 bridgehead atoms. The quantitative estimate of drug-likeness (QED) is 0.803. The summed E-state index contributed by atoms with van der Waals surface area (Å²) >= 11 is 0. The SMILES string of the molecule is CC(CN)c1ccc2oc(=O)n(C)c2c1. The van der Waals surface area contributed by atoms with E-state index in [2.05, 4.69) is 6.92 Å². The Hall–Kier alpha value is -1.55. The second kappa shape index (κ2) is 3.55. The summed E-state index contributed by atoms with van der Waals surface area (Å²) in [5.74, 6) is -0.0399. The summed E-state index contributed by atoms with van der Waals surface area (Å²) in [7, 11) is 1.70. The summed E-state index contributed by atoms with van der Waals surface area (Å²) in [5, 5.41) is 0. The Kier molecular flexibility index (Phi) is 2.36. The van der Waals surface area contributed by atoms with E-state index < -0.39 is 0 Å². The molecular formula is C11H14N2O2. The van der Waals surface area contributed by atoms with Crippen LogP contribution in [0.15, 0.2) is 27.4 Å². The molecule has 0 aliphatic heterocycles. The van der Waals surface area contributed by atoms with Gasteiger partial charge in [0.15, 0.2) is 5.58 Å². The molecule has 1 aromatic heterocycles. The third kappa shape index (κ3) is 1.57. The zero-order valence-electron chi connectivity index (χ0n) is 8.86. The molecule has 0 fully saturated rings. The molecule has 80 valence electrons. The van der Waals surface area contributed by atoms with Gasteiger partial charge in [0.1, 0.15) is 0 Å². The summed E-state index contributed by atoms with van der Waals surface area (Å²) in [6, 6.07) is 5.72. The Morgan fingerprint density at radius 1 is 1.53 bits per heavy atom. The van der Waals surface area contributed by atoms with Crippen molar-refractivity contribution in [3.8, 4) is 0 Å². The number of nitrogens with two attached hydrogens (primary N) is 1. The van der Waals surface area contributed by atoms with Crippen LogP contribution in [0.5, 0.6) is 0 Å². The molecule has 2 aromatic rings. The average molecular weight is 206 g/mol. The lowest BCUT2D eigenvalue weighted by atomic mass is 10.0. The summed E-state index contributed by atoms with van der Waals surface area (Å²) < 4.78 is 6.55. The molecule has 1 atom stereocenters. The molecule has 15 heavy (non-hydrogen) atoms. The Morgan fingerprint density at radius 2 is 2.27 bits per heavy atom. The van der Waals surface area contributed by atoms with Crippen LogP contribution in [0.2, 0.25) is 0 Å². The van der Waals surface area contributed by atoms with Crippen molar-refractivity contribution in [1.82, 2.24) is 4.57 Å². The number of fused-ring (bicyclic) bond motifs is 1. The Balaban J connectivity index is 2.64. The topological polar surface area (TPSA) is 61.2 Å². The molecule has 0 amide bonds. The lowest BCUT2D eigenvalue weighted by Gasteiger charge is -2.08. The van der Waals surface area contributed by atoms with Crippen LogP contribution < -0.4 is 11.5 Å². The molecule has 0 radical (unpaired) electrons. The molecule has 0 saturated heterocycles. The van der Waals surface area contributed by atoms with E-state index in [1.165, 1.54) is 4.57 Å². The number of aromatic nitrogens is 1. The molecule has 0 aliphatic carbocycles. The van der Waals surface area contributed by atoms with Gasteiger partial charge in [-0.1, -0.05) is 13.0 Å². The lowest BCUT2D eigenvalue weighted by molar-refractivity contribution is 0.528. The minimum Gasteiger partial charge on any atom is -0.408 e. The maximum Gasteiger partial charge on any atom is 0.419 e. The third-order valence-electron chi connectivity index (χ3n) is 2.74. The van der Waals surface area contributed by atoms with E-state index in [0.717, 1.165) is 11.1 Å². The third-order valence-corrected chi connectivity index (χ3v) is 2.74. The van der Waals surface area contributed by atoms with Crippen molar-refractivity contribution in [2.24, 2.45) is 12.8 Å². The predicted molar refractivity (Wildman–Crippen MR) is 58.9 cm³/mol.